The van der Waals surface area contributed by atoms with Crippen LogP contribution in [0.4, 0.5) is 5.69 Å². The van der Waals surface area contributed by atoms with Gasteiger partial charge in [0, 0.05) is 30.0 Å². The third-order valence-corrected chi connectivity index (χ3v) is 7.04. The molecule has 212 valence electrons. The van der Waals surface area contributed by atoms with Gasteiger partial charge in [0.05, 0.1) is 30.7 Å². The predicted molar refractivity (Wildman–Crippen MR) is 151 cm³/mol. The quantitative estimate of drug-likeness (QED) is 0.135. The number of amides is 2. The molecule has 0 bridgehead atoms. The van der Waals surface area contributed by atoms with Crippen molar-refractivity contribution < 1.29 is 19.4 Å². The van der Waals surface area contributed by atoms with E-state index in [0.717, 1.165) is 49.1 Å². The number of benzene rings is 1. The second-order valence-electron chi connectivity index (χ2n) is 10.1. The van der Waals surface area contributed by atoms with E-state index >= 15 is 0 Å². The van der Waals surface area contributed by atoms with Crippen LogP contribution in [0.3, 0.4) is 0 Å². The molecular weight excluding hydrogens is 498 g/mol. The third-order valence-electron chi connectivity index (χ3n) is 7.04. The van der Waals surface area contributed by atoms with E-state index in [2.05, 4.69) is 22.7 Å². The molecule has 1 aromatic heterocycles. The Labute approximate surface area is 229 Å². The topological polar surface area (TPSA) is 184 Å². The van der Waals surface area contributed by atoms with E-state index in [9.17, 15) is 14.7 Å². The van der Waals surface area contributed by atoms with Gasteiger partial charge in [-0.15, -0.1) is 0 Å². The first kappa shape index (κ1) is 29.6. The van der Waals surface area contributed by atoms with Gasteiger partial charge in [-0.1, -0.05) is 38.3 Å². The molecule has 1 unspecified atom stereocenters. The number of nitrogens with two attached hydrogens (primary N) is 3. The molecule has 2 atom stereocenters. The molecule has 11 nitrogen and oxygen atoms in total. The summed E-state index contributed by atoms with van der Waals surface area (Å²) in [4.78, 5) is 22.4. The Hall–Kier alpha value is -3.99. The number of para-hydroxylation sites is 1. The van der Waals surface area contributed by atoms with Crippen molar-refractivity contribution in [2.75, 3.05) is 19.0 Å². The summed E-state index contributed by atoms with van der Waals surface area (Å²) in [6, 6.07) is 5.78. The molecule has 1 heterocycles. The highest BCUT2D eigenvalue weighted by Crippen LogP contribution is 2.41. The summed E-state index contributed by atoms with van der Waals surface area (Å²) in [6.07, 6.45) is 13.6. The molecule has 2 aliphatic carbocycles. The van der Waals surface area contributed by atoms with E-state index < -0.39 is 5.91 Å². The molecule has 2 aromatic rings. The van der Waals surface area contributed by atoms with E-state index in [1.165, 1.54) is 26.0 Å². The lowest BCUT2D eigenvalue weighted by molar-refractivity contribution is -0.114. The molecule has 0 spiro atoms. The number of hydrogen-bond acceptors (Lipinski definition) is 8. The first-order valence-electron chi connectivity index (χ1n) is 13.3. The number of aromatic nitrogens is 2. The highest BCUT2D eigenvalue weighted by atomic mass is 16.5. The van der Waals surface area contributed by atoms with Crippen molar-refractivity contribution in [3.05, 3.63) is 53.9 Å². The minimum absolute atomic E-state index is 0.0320. The minimum Gasteiger partial charge on any atom is -0.494 e. The number of allylic oxidation sites excluding steroid dienone is 1. The number of methoxy groups -OCH3 is 1. The summed E-state index contributed by atoms with van der Waals surface area (Å²) in [5.41, 5.74) is 19.0. The number of hydrogen-bond donors (Lipinski definition) is 6. The van der Waals surface area contributed by atoms with Gasteiger partial charge < -0.3 is 37.7 Å². The summed E-state index contributed by atoms with van der Waals surface area (Å²) in [5, 5.41) is 19.2. The standard InChI is InChI=1S/C24H33N7O4.C4H8/c1-35-23-17(16-12-29-31(13-16)20-9-2-5-15(20)6-4-10-32)7-3-8-18(23)30-19(22(26)24(27)34)11-21(25)28-14-33;1-4-2-3-4/h3,7-8,11-15,20,30,32H,2,4-6,9-10,25-26H2,1H3,(H2,27,34)(H,28,33);4H,2-3H2,1H3/b21-11+,22-19+;/t15?,20-;/m1./s1. The zero-order valence-corrected chi connectivity index (χ0v) is 22.7. The van der Waals surface area contributed by atoms with Gasteiger partial charge in [0.25, 0.3) is 5.91 Å². The maximum atomic E-state index is 11.7. The maximum absolute atomic E-state index is 11.7. The fourth-order valence-corrected chi connectivity index (χ4v) is 4.69. The lowest BCUT2D eigenvalue weighted by Gasteiger charge is -2.19. The van der Waals surface area contributed by atoms with Gasteiger partial charge in [0.1, 0.15) is 17.3 Å². The number of anilines is 1. The van der Waals surface area contributed by atoms with Gasteiger partial charge in [-0.25, -0.2) is 0 Å². The Bertz CT molecular complexity index is 1190. The Kier molecular flexibility index (Phi) is 10.8. The normalized spacial score (nSPS) is 19.4. The van der Waals surface area contributed by atoms with Crippen molar-refractivity contribution >= 4 is 18.0 Å². The Balaban J connectivity index is 0.000000960. The van der Waals surface area contributed by atoms with E-state index in [0.29, 0.717) is 29.8 Å². The summed E-state index contributed by atoms with van der Waals surface area (Å²) >= 11 is 0. The molecule has 2 saturated carbocycles. The Morgan fingerprint density at radius 2 is 1.97 bits per heavy atom. The van der Waals surface area contributed by atoms with Crippen LogP contribution in [0.25, 0.3) is 11.1 Å². The van der Waals surface area contributed by atoms with Gasteiger partial charge in [-0.2, -0.15) is 5.10 Å². The number of ether oxygens (including phenoxy) is 1. The van der Waals surface area contributed by atoms with Crippen LogP contribution in [0.1, 0.15) is 57.9 Å². The molecular formula is C28H41N7O4. The van der Waals surface area contributed by atoms with Crippen LogP contribution in [0.15, 0.2) is 53.9 Å². The highest BCUT2D eigenvalue weighted by Gasteiger charge is 2.29. The minimum atomic E-state index is -0.855. The van der Waals surface area contributed by atoms with Crippen LogP contribution in [-0.2, 0) is 9.59 Å². The van der Waals surface area contributed by atoms with E-state index in [4.69, 9.17) is 21.9 Å². The summed E-state index contributed by atoms with van der Waals surface area (Å²) < 4.78 is 7.71. The van der Waals surface area contributed by atoms with Crippen molar-refractivity contribution in [1.29, 1.82) is 0 Å². The van der Waals surface area contributed by atoms with Crippen molar-refractivity contribution in [3.63, 3.8) is 0 Å². The second kappa shape index (κ2) is 14.2. The summed E-state index contributed by atoms with van der Waals surface area (Å²) in [5.74, 6) is 1.19. The number of aliphatic hydroxyl groups excluding tert-OH is 1. The molecule has 39 heavy (non-hydrogen) atoms. The number of nitrogens with zero attached hydrogens (tertiary/aromatic N) is 2. The van der Waals surface area contributed by atoms with Crippen molar-refractivity contribution in [2.24, 2.45) is 29.0 Å². The van der Waals surface area contributed by atoms with Crippen LogP contribution in [0.5, 0.6) is 5.75 Å². The van der Waals surface area contributed by atoms with Gasteiger partial charge in [-0.05, 0) is 43.6 Å². The molecule has 0 aliphatic heterocycles. The number of primary amides is 1. The zero-order valence-electron chi connectivity index (χ0n) is 22.7. The van der Waals surface area contributed by atoms with Gasteiger partial charge in [-0.3, -0.25) is 14.3 Å². The van der Waals surface area contributed by atoms with Crippen LogP contribution in [-0.4, -0.2) is 40.9 Å². The van der Waals surface area contributed by atoms with Crippen molar-refractivity contribution in [2.45, 2.75) is 57.9 Å². The van der Waals surface area contributed by atoms with Crippen LogP contribution < -0.4 is 32.6 Å². The van der Waals surface area contributed by atoms with Crippen molar-refractivity contribution in [1.82, 2.24) is 15.1 Å². The number of aliphatic hydroxyl groups is 1. The van der Waals surface area contributed by atoms with E-state index in [1.807, 2.05) is 23.0 Å². The second-order valence-corrected chi connectivity index (χ2v) is 10.1. The number of nitrogens with one attached hydrogen (secondary N) is 2. The molecule has 2 aliphatic rings. The van der Waals surface area contributed by atoms with Crippen LogP contribution >= 0.6 is 0 Å². The van der Waals surface area contributed by atoms with E-state index in [-0.39, 0.29) is 23.8 Å². The molecule has 4 rings (SSSR count). The van der Waals surface area contributed by atoms with Crippen molar-refractivity contribution in [3.8, 4) is 16.9 Å². The number of carbonyl (C=O) groups excluding carboxylic acids is 2. The first-order valence-corrected chi connectivity index (χ1v) is 13.3. The fourth-order valence-electron chi connectivity index (χ4n) is 4.69. The molecule has 1 aromatic carbocycles. The molecule has 0 radical (unpaired) electrons. The lowest BCUT2D eigenvalue weighted by atomic mass is 9.98. The lowest BCUT2D eigenvalue weighted by Crippen LogP contribution is -2.25. The summed E-state index contributed by atoms with van der Waals surface area (Å²) in [6.45, 7) is 2.48. The van der Waals surface area contributed by atoms with Gasteiger partial charge in [0.2, 0.25) is 6.41 Å². The monoisotopic (exact) mass is 539 g/mol. The molecule has 0 saturated heterocycles. The average molecular weight is 540 g/mol. The average Bonchev–Trinajstić information content (AvgIpc) is 3.35. The van der Waals surface area contributed by atoms with Crippen LogP contribution in [0, 0.1) is 11.8 Å². The number of carbonyl (C=O) groups is 2. The van der Waals surface area contributed by atoms with E-state index in [1.54, 1.807) is 12.3 Å². The molecule has 2 fully saturated rings. The van der Waals surface area contributed by atoms with Crippen LogP contribution in [0.2, 0.25) is 0 Å². The largest absolute Gasteiger partial charge is 0.494 e. The number of rotatable bonds is 12. The first-order chi connectivity index (χ1) is 18.8. The molecule has 9 N–H and O–H groups in total. The Morgan fingerprint density at radius 1 is 1.23 bits per heavy atom. The molecule has 11 heteroatoms. The fraction of sp³-hybridized carbons (Fsp3) is 0.464. The third kappa shape index (κ3) is 8.25. The van der Waals surface area contributed by atoms with Gasteiger partial charge in [0.15, 0.2) is 0 Å². The van der Waals surface area contributed by atoms with Gasteiger partial charge >= 0.3 is 0 Å². The maximum Gasteiger partial charge on any atom is 0.266 e. The summed E-state index contributed by atoms with van der Waals surface area (Å²) in [7, 11) is 1.54. The smallest absolute Gasteiger partial charge is 0.266 e. The SMILES string of the molecule is CC1CC1.COc1c(NC(/C=C(\N)NC=O)=C(/N)C(N)=O)cccc1-c1cnn([C@@H]2CCCC2CCCO)c1. The highest BCUT2D eigenvalue weighted by molar-refractivity contribution is 5.93. The predicted octanol–water partition coefficient (Wildman–Crippen LogP) is 2.70. The zero-order chi connectivity index (χ0) is 28.4. The molecule has 2 amide bonds. The Morgan fingerprint density at radius 3 is 2.59 bits per heavy atom.